The van der Waals surface area contributed by atoms with Crippen molar-refractivity contribution in [1.29, 1.82) is 0 Å². The van der Waals surface area contributed by atoms with Crippen LogP contribution >= 0.6 is 11.6 Å². The summed E-state index contributed by atoms with van der Waals surface area (Å²) in [6, 6.07) is 15.2. The lowest BCUT2D eigenvalue weighted by Crippen LogP contribution is -2.15. The number of hydrogen-bond acceptors (Lipinski definition) is 5. The average Bonchev–Trinajstić information content (AvgIpc) is 3.33. The van der Waals surface area contributed by atoms with E-state index in [1.54, 1.807) is 24.0 Å². The van der Waals surface area contributed by atoms with Crippen molar-refractivity contribution in [2.24, 2.45) is 0 Å². The summed E-state index contributed by atoms with van der Waals surface area (Å²) < 4.78 is 12.8. The van der Waals surface area contributed by atoms with Crippen LogP contribution in [0.3, 0.4) is 0 Å². The van der Waals surface area contributed by atoms with Crippen molar-refractivity contribution in [2.45, 2.75) is 27.0 Å². The van der Waals surface area contributed by atoms with Crippen LogP contribution < -0.4 is 10.1 Å². The van der Waals surface area contributed by atoms with Gasteiger partial charge in [0.15, 0.2) is 5.69 Å². The lowest BCUT2D eigenvalue weighted by molar-refractivity contribution is 0.101. The number of nitrogens with one attached hydrogen (secondary N) is 1. The molecule has 158 valence electrons. The Labute approximate surface area is 184 Å². The molecule has 0 aliphatic heterocycles. The van der Waals surface area contributed by atoms with Gasteiger partial charge in [-0.15, -0.1) is 0 Å². The van der Waals surface area contributed by atoms with Crippen molar-refractivity contribution in [3.05, 3.63) is 94.1 Å². The zero-order valence-corrected chi connectivity index (χ0v) is 17.9. The van der Waals surface area contributed by atoms with Gasteiger partial charge in [0.25, 0.3) is 5.91 Å². The highest BCUT2D eigenvalue weighted by atomic mass is 35.5. The highest BCUT2D eigenvalue weighted by molar-refractivity contribution is 6.30. The molecule has 2 heterocycles. The topological polar surface area (TPSA) is 82.2 Å². The van der Waals surface area contributed by atoms with Gasteiger partial charge in [-0.2, -0.15) is 5.10 Å². The monoisotopic (exact) mass is 436 g/mol. The first-order chi connectivity index (χ1) is 15.0. The SMILES string of the molecule is Cc1cccc(OCc2c(C(=O)Nc3ccc(Cn4cc(Cl)cn4)cc3)noc2C)c1. The van der Waals surface area contributed by atoms with Gasteiger partial charge in [0, 0.05) is 11.9 Å². The zero-order valence-electron chi connectivity index (χ0n) is 17.1. The standard InChI is InChI=1S/C23H21ClN4O3/c1-15-4-3-5-20(10-15)30-14-21-16(2)31-27-22(21)23(29)26-19-8-6-17(7-9-19)12-28-13-18(24)11-25-28/h3-11,13H,12,14H2,1-2H3,(H,26,29). The van der Waals surface area contributed by atoms with Crippen LogP contribution in [0.1, 0.15) is 32.9 Å². The van der Waals surface area contributed by atoms with E-state index < -0.39 is 0 Å². The Morgan fingerprint density at radius 2 is 2.00 bits per heavy atom. The molecule has 2 aromatic heterocycles. The van der Waals surface area contributed by atoms with E-state index in [4.69, 9.17) is 20.9 Å². The molecule has 0 aliphatic carbocycles. The van der Waals surface area contributed by atoms with Gasteiger partial charge in [-0.3, -0.25) is 9.48 Å². The molecule has 0 atom stereocenters. The smallest absolute Gasteiger partial charge is 0.278 e. The minimum Gasteiger partial charge on any atom is -0.489 e. The Morgan fingerprint density at radius 1 is 1.19 bits per heavy atom. The van der Waals surface area contributed by atoms with E-state index in [9.17, 15) is 4.79 Å². The van der Waals surface area contributed by atoms with Crippen LogP contribution in [-0.4, -0.2) is 20.8 Å². The van der Waals surface area contributed by atoms with Gasteiger partial charge in [0.1, 0.15) is 18.1 Å². The number of nitrogens with zero attached hydrogens (tertiary/aromatic N) is 3. The molecule has 31 heavy (non-hydrogen) atoms. The molecule has 0 aliphatic rings. The fourth-order valence-electron chi connectivity index (χ4n) is 3.10. The number of hydrogen-bond donors (Lipinski definition) is 1. The molecule has 4 rings (SSSR count). The number of carbonyl (C=O) groups is 1. The van der Waals surface area contributed by atoms with Gasteiger partial charge < -0.3 is 14.6 Å². The number of aromatic nitrogens is 3. The lowest BCUT2D eigenvalue weighted by Gasteiger charge is -2.08. The summed E-state index contributed by atoms with van der Waals surface area (Å²) >= 11 is 5.89. The number of halogens is 1. The van der Waals surface area contributed by atoms with Crippen molar-refractivity contribution >= 4 is 23.2 Å². The highest BCUT2D eigenvalue weighted by Crippen LogP contribution is 2.20. The van der Waals surface area contributed by atoms with E-state index >= 15 is 0 Å². The average molecular weight is 437 g/mol. The molecule has 0 bridgehead atoms. The maximum absolute atomic E-state index is 12.8. The van der Waals surface area contributed by atoms with Crippen molar-refractivity contribution in [3.63, 3.8) is 0 Å². The number of benzene rings is 2. The van der Waals surface area contributed by atoms with Gasteiger partial charge in [0.05, 0.1) is 23.3 Å². The molecule has 2 aromatic carbocycles. The van der Waals surface area contributed by atoms with Crippen molar-refractivity contribution < 1.29 is 14.1 Å². The molecule has 1 N–H and O–H groups in total. The van der Waals surface area contributed by atoms with Gasteiger partial charge in [-0.05, 0) is 49.2 Å². The Bertz CT molecular complexity index is 1200. The van der Waals surface area contributed by atoms with Crippen LogP contribution in [0.25, 0.3) is 0 Å². The first-order valence-corrected chi connectivity index (χ1v) is 10.1. The zero-order chi connectivity index (χ0) is 21.8. The summed E-state index contributed by atoms with van der Waals surface area (Å²) in [5.74, 6) is 0.915. The van der Waals surface area contributed by atoms with E-state index in [-0.39, 0.29) is 18.2 Å². The largest absolute Gasteiger partial charge is 0.489 e. The molecule has 0 spiro atoms. The van der Waals surface area contributed by atoms with E-state index in [1.807, 2.05) is 55.5 Å². The van der Waals surface area contributed by atoms with Crippen molar-refractivity contribution in [1.82, 2.24) is 14.9 Å². The fourth-order valence-corrected chi connectivity index (χ4v) is 3.25. The Kier molecular flexibility index (Phi) is 6.04. The molecular weight excluding hydrogens is 416 g/mol. The van der Waals surface area contributed by atoms with Gasteiger partial charge in [-0.25, -0.2) is 0 Å². The first-order valence-electron chi connectivity index (χ1n) is 9.71. The maximum Gasteiger partial charge on any atom is 0.278 e. The van der Waals surface area contributed by atoms with Crippen LogP contribution in [-0.2, 0) is 13.2 Å². The number of rotatable bonds is 7. The molecule has 0 fully saturated rings. The second kappa shape index (κ2) is 9.06. The second-order valence-corrected chi connectivity index (χ2v) is 7.61. The summed E-state index contributed by atoms with van der Waals surface area (Å²) in [7, 11) is 0. The molecule has 4 aromatic rings. The van der Waals surface area contributed by atoms with Crippen LogP contribution in [0, 0.1) is 13.8 Å². The molecule has 1 amide bonds. The molecule has 0 saturated heterocycles. The molecule has 7 nitrogen and oxygen atoms in total. The Balaban J connectivity index is 1.41. The quantitative estimate of drug-likeness (QED) is 0.439. The number of anilines is 1. The third-order valence-electron chi connectivity index (χ3n) is 4.73. The van der Waals surface area contributed by atoms with Crippen LogP contribution in [0.4, 0.5) is 5.69 Å². The summed E-state index contributed by atoms with van der Waals surface area (Å²) in [6.45, 7) is 4.53. The van der Waals surface area contributed by atoms with Crippen molar-refractivity contribution in [2.75, 3.05) is 5.32 Å². The fraction of sp³-hybridized carbons (Fsp3) is 0.174. The van der Waals surface area contributed by atoms with Gasteiger partial charge in [-0.1, -0.05) is 41.0 Å². The predicted octanol–water partition coefficient (Wildman–Crippen LogP) is 5.02. The molecule has 8 heteroatoms. The Morgan fingerprint density at radius 3 is 2.71 bits per heavy atom. The number of ether oxygens (including phenoxy) is 1. The van der Waals surface area contributed by atoms with Crippen molar-refractivity contribution in [3.8, 4) is 5.75 Å². The van der Waals surface area contributed by atoms with E-state index in [1.165, 1.54) is 0 Å². The van der Waals surface area contributed by atoms with E-state index in [0.717, 1.165) is 16.9 Å². The normalized spacial score (nSPS) is 10.8. The third-order valence-corrected chi connectivity index (χ3v) is 4.93. The van der Waals surface area contributed by atoms with Gasteiger partial charge >= 0.3 is 0 Å². The molecule has 0 radical (unpaired) electrons. The highest BCUT2D eigenvalue weighted by Gasteiger charge is 2.20. The minimum atomic E-state index is -0.355. The predicted molar refractivity (Wildman–Crippen MR) is 117 cm³/mol. The van der Waals surface area contributed by atoms with Crippen LogP contribution in [0.15, 0.2) is 65.4 Å². The van der Waals surface area contributed by atoms with Gasteiger partial charge in [0.2, 0.25) is 0 Å². The summed E-state index contributed by atoms with van der Waals surface area (Å²) in [5.41, 5.74) is 3.60. The van der Waals surface area contributed by atoms with E-state index in [2.05, 4.69) is 15.6 Å². The third kappa shape index (κ3) is 5.13. The summed E-state index contributed by atoms with van der Waals surface area (Å²) in [5, 5.41) is 11.5. The van der Waals surface area contributed by atoms with Crippen LogP contribution in [0.2, 0.25) is 5.02 Å². The number of carbonyl (C=O) groups excluding carboxylic acids is 1. The first kappa shape index (κ1) is 20.7. The Hall–Kier alpha value is -3.58. The molecular formula is C23H21ClN4O3. The summed E-state index contributed by atoms with van der Waals surface area (Å²) in [6.07, 6.45) is 3.35. The summed E-state index contributed by atoms with van der Waals surface area (Å²) in [4.78, 5) is 12.8. The number of aryl methyl sites for hydroxylation is 2. The second-order valence-electron chi connectivity index (χ2n) is 7.18. The van der Waals surface area contributed by atoms with E-state index in [0.29, 0.717) is 28.6 Å². The number of amides is 1. The van der Waals surface area contributed by atoms with Crippen LogP contribution in [0.5, 0.6) is 5.75 Å². The molecule has 0 saturated carbocycles. The lowest BCUT2D eigenvalue weighted by atomic mass is 10.1. The molecule has 0 unspecified atom stereocenters. The minimum absolute atomic E-state index is 0.187. The maximum atomic E-state index is 12.8.